The summed E-state index contributed by atoms with van der Waals surface area (Å²) in [5.41, 5.74) is 2.35. The predicted molar refractivity (Wildman–Crippen MR) is 107 cm³/mol. The average Bonchev–Trinajstić information content (AvgIpc) is 2.71. The summed E-state index contributed by atoms with van der Waals surface area (Å²) in [7, 11) is 1.65. The molecule has 0 aliphatic heterocycles. The average molecular weight is 377 g/mol. The number of aryl methyl sites for hydroxylation is 1. The van der Waals surface area contributed by atoms with Gasteiger partial charge in [-0.25, -0.2) is 4.98 Å². The maximum atomic E-state index is 12.9. The number of carbonyl (C=O) groups excluding carboxylic acids is 1. The Hall–Kier alpha value is -3.41. The normalized spacial score (nSPS) is 10.5. The van der Waals surface area contributed by atoms with E-state index in [1.165, 1.54) is 9.63 Å². The Morgan fingerprint density at radius 2 is 1.57 bits per heavy atom. The van der Waals surface area contributed by atoms with Gasteiger partial charge in [-0.2, -0.15) is 0 Å². The third-order valence-corrected chi connectivity index (χ3v) is 4.51. The SMILES string of the molecule is Cc1nc(C(=O)N(C)Cc2ccccc2)c(=O)n(OCc2ccccc2)c1C. The minimum Gasteiger partial charge on any atom is -0.406 e. The van der Waals surface area contributed by atoms with Crippen LogP contribution >= 0.6 is 0 Å². The van der Waals surface area contributed by atoms with Crippen molar-refractivity contribution in [1.29, 1.82) is 0 Å². The molecule has 0 spiro atoms. The highest BCUT2D eigenvalue weighted by Crippen LogP contribution is 2.08. The van der Waals surface area contributed by atoms with Crippen LogP contribution in [-0.2, 0) is 13.2 Å². The summed E-state index contributed by atoms with van der Waals surface area (Å²) in [6.07, 6.45) is 0. The van der Waals surface area contributed by atoms with E-state index in [0.29, 0.717) is 17.9 Å². The van der Waals surface area contributed by atoms with Crippen molar-refractivity contribution in [2.24, 2.45) is 0 Å². The first kappa shape index (κ1) is 19.4. The minimum atomic E-state index is -0.552. The lowest BCUT2D eigenvalue weighted by Crippen LogP contribution is -2.39. The zero-order valence-electron chi connectivity index (χ0n) is 16.3. The Morgan fingerprint density at radius 1 is 1.00 bits per heavy atom. The lowest BCUT2D eigenvalue weighted by atomic mass is 10.2. The van der Waals surface area contributed by atoms with Crippen molar-refractivity contribution in [3.8, 4) is 0 Å². The van der Waals surface area contributed by atoms with E-state index in [0.717, 1.165) is 11.1 Å². The second kappa shape index (κ2) is 8.52. The highest BCUT2D eigenvalue weighted by atomic mass is 16.7. The summed E-state index contributed by atoms with van der Waals surface area (Å²) >= 11 is 0. The maximum Gasteiger partial charge on any atom is 0.314 e. The van der Waals surface area contributed by atoms with Crippen LogP contribution in [0.3, 0.4) is 0 Å². The summed E-state index contributed by atoms with van der Waals surface area (Å²) in [5, 5.41) is 0. The van der Waals surface area contributed by atoms with Crippen LogP contribution in [0.25, 0.3) is 0 Å². The molecular weight excluding hydrogens is 354 g/mol. The van der Waals surface area contributed by atoms with Gasteiger partial charge >= 0.3 is 5.56 Å². The van der Waals surface area contributed by atoms with Crippen LogP contribution in [0.4, 0.5) is 0 Å². The molecule has 3 aromatic rings. The Bertz CT molecular complexity index is 1010. The summed E-state index contributed by atoms with van der Waals surface area (Å²) in [5.74, 6) is -0.436. The van der Waals surface area contributed by atoms with E-state index in [1.807, 2.05) is 60.7 Å². The highest BCUT2D eigenvalue weighted by molar-refractivity contribution is 5.91. The summed E-state index contributed by atoms with van der Waals surface area (Å²) in [4.78, 5) is 37.2. The van der Waals surface area contributed by atoms with Gasteiger partial charge in [0, 0.05) is 13.6 Å². The third kappa shape index (κ3) is 4.28. The predicted octanol–water partition coefficient (Wildman–Crippen LogP) is 2.76. The number of carbonyl (C=O) groups is 1. The van der Waals surface area contributed by atoms with Crippen molar-refractivity contribution < 1.29 is 9.63 Å². The largest absolute Gasteiger partial charge is 0.406 e. The zero-order valence-corrected chi connectivity index (χ0v) is 16.3. The van der Waals surface area contributed by atoms with Crippen LogP contribution < -0.4 is 10.4 Å². The summed E-state index contributed by atoms with van der Waals surface area (Å²) < 4.78 is 1.17. The standard InChI is InChI=1S/C22H23N3O3/c1-16-17(2)25(28-15-19-12-8-5-9-13-19)22(27)20(23-16)21(26)24(3)14-18-10-6-4-7-11-18/h4-13H,14-15H2,1-3H3. The van der Waals surface area contributed by atoms with Crippen LogP contribution in [0.5, 0.6) is 0 Å². The van der Waals surface area contributed by atoms with Gasteiger partial charge in [0.1, 0.15) is 6.61 Å². The Morgan fingerprint density at radius 3 is 2.18 bits per heavy atom. The first-order valence-electron chi connectivity index (χ1n) is 9.04. The number of nitrogens with zero attached hydrogens (tertiary/aromatic N) is 3. The first-order valence-corrected chi connectivity index (χ1v) is 9.04. The third-order valence-electron chi connectivity index (χ3n) is 4.51. The molecule has 0 unspecified atom stereocenters. The second-order valence-corrected chi connectivity index (χ2v) is 6.64. The number of hydrogen-bond acceptors (Lipinski definition) is 4. The fourth-order valence-corrected chi connectivity index (χ4v) is 2.81. The minimum absolute atomic E-state index is 0.144. The molecule has 0 saturated carbocycles. The van der Waals surface area contributed by atoms with Gasteiger partial charge < -0.3 is 9.74 Å². The topological polar surface area (TPSA) is 64.4 Å². The molecule has 0 fully saturated rings. The van der Waals surface area contributed by atoms with Gasteiger partial charge in [0.15, 0.2) is 5.69 Å². The van der Waals surface area contributed by atoms with Crippen molar-refractivity contribution >= 4 is 5.91 Å². The van der Waals surface area contributed by atoms with Gasteiger partial charge in [0.05, 0.1) is 11.4 Å². The molecule has 144 valence electrons. The van der Waals surface area contributed by atoms with Crippen molar-refractivity contribution in [2.75, 3.05) is 7.05 Å². The number of aromatic nitrogens is 2. The molecule has 1 aromatic heterocycles. The van der Waals surface area contributed by atoms with Crippen LogP contribution in [0.1, 0.15) is 33.0 Å². The number of benzene rings is 2. The Kier molecular flexibility index (Phi) is 5.89. The molecule has 0 N–H and O–H groups in total. The van der Waals surface area contributed by atoms with Crippen molar-refractivity contribution in [2.45, 2.75) is 27.0 Å². The summed E-state index contributed by atoms with van der Waals surface area (Å²) in [6.45, 7) is 4.11. The van der Waals surface area contributed by atoms with Gasteiger partial charge in [-0.15, -0.1) is 4.73 Å². The molecule has 0 radical (unpaired) electrons. The molecule has 0 saturated heterocycles. The van der Waals surface area contributed by atoms with Gasteiger partial charge in [-0.1, -0.05) is 60.7 Å². The highest BCUT2D eigenvalue weighted by Gasteiger charge is 2.22. The molecule has 0 atom stereocenters. The van der Waals surface area contributed by atoms with Crippen molar-refractivity contribution in [3.05, 3.63) is 99.2 Å². The molecule has 0 aliphatic carbocycles. The summed E-state index contributed by atoms with van der Waals surface area (Å²) in [6, 6.07) is 19.1. The van der Waals surface area contributed by atoms with Crippen LogP contribution in [0.15, 0.2) is 65.5 Å². The smallest absolute Gasteiger partial charge is 0.314 e. The van der Waals surface area contributed by atoms with E-state index in [9.17, 15) is 9.59 Å². The lowest BCUT2D eigenvalue weighted by molar-refractivity contribution is 0.0718. The van der Waals surface area contributed by atoms with Crippen LogP contribution in [0.2, 0.25) is 0 Å². The quantitative estimate of drug-likeness (QED) is 0.663. The van der Waals surface area contributed by atoms with Crippen LogP contribution in [-0.4, -0.2) is 27.6 Å². The molecule has 6 heteroatoms. The molecule has 0 bridgehead atoms. The Labute approximate surface area is 164 Å². The van der Waals surface area contributed by atoms with Gasteiger partial charge in [-0.05, 0) is 25.0 Å². The molecule has 2 aromatic carbocycles. The monoisotopic (exact) mass is 377 g/mol. The van der Waals surface area contributed by atoms with E-state index < -0.39 is 11.5 Å². The second-order valence-electron chi connectivity index (χ2n) is 6.64. The molecule has 28 heavy (non-hydrogen) atoms. The first-order chi connectivity index (χ1) is 13.5. The molecule has 1 heterocycles. The van der Waals surface area contributed by atoms with Crippen molar-refractivity contribution in [1.82, 2.24) is 14.6 Å². The molecular formula is C22H23N3O3. The molecule has 3 rings (SSSR count). The van der Waals surface area contributed by atoms with Gasteiger partial charge in [-0.3, -0.25) is 9.59 Å². The number of rotatable bonds is 6. The number of hydrogen-bond donors (Lipinski definition) is 0. The maximum absolute atomic E-state index is 12.9. The van der Waals surface area contributed by atoms with E-state index >= 15 is 0 Å². The van der Waals surface area contributed by atoms with E-state index in [4.69, 9.17) is 4.84 Å². The lowest BCUT2D eigenvalue weighted by Gasteiger charge is -2.19. The molecule has 0 aliphatic rings. The van der Waals surface area contributed by atoms with E-state index in [2.05, 4.69) is 4.98 Å². The zero-order chi connectivity index (χ0) is 20.1. The van der Waals surface area contributed by atoms with E-state index in [-0.39, 0.29) is 12.3 Å². The van der Waals surface area contributed by atoms with Gasteiger partial charge in [0.2, 0.25) is 0 Å². The van der Waals surface area contributed by atoms with Gasteiger partial charge in [0.25, 0.3) is 5.91 Å². The fraction of sp³-hybridized carbons (Fsp3) is 0.227. The molecule has 6 nitrogen and oxygen atoms in total. The van der Waals surface area contributed by atoms with E-state index in [1.54, 1.807) is 20.9 Å². The Balaban J connectivity index is 1.85. The molecule has 1 amide bonds. The number of amides is 1. The van der Waals surface area contributed by atoms with Crippen LogP contribution in [0, 0.1) is 13.8 Å². The fourth-order valence-electron chi connectivity index (χ4n) is 2.81. The van der Waals surface area contributed by atoms with Crippen molar-refractivity contribution in [3.63, 3.8) is 0 Å².